The lowest BCUT2D eigenvalue weighted by Gasteiger charge is -2.07. The number of hydrogen-bond donors (Lipinski definition) is 1. The topological polar surface area (TPSA) is 51.5 Å². The van der Waals surface area contributed by atoms with Gasteiger partial charge in [0.2, 0.25) is 5.91 Å². The fraction of sp³-hybridized carbons (Fsp3) is 0.312. The summed E-state index contributed by atoms with van der Waals surface area (Å²) in [7, 11) is 0. The molecule has 0 saturated carbocycles. The van der Waals surface area contributed by atoms with E-state index >= 15 is 0 Å². The molecule has 112 valence electrons. The van der Waals surface area contributed by atoms with Gasteiger partial charge in [-0.25, -0.2) is 4.39 Å². The molecule has 5 heteroatoms. The SMILES string of the molecule is O=C(CCc1ccco1)NCCCOc1ccc(F)cc1. The van der Waals surface area contributed by atoms with Crippen LogP contribution in [0.5, 0.6) is 5.75 Å². The van der Waals surface area contributed by atoms with Gasteiger partial charge in [-0.2, -0.15) is 0 Å². The van der Waals surface area contributed by atoms with Crippen LogP contribution in [-0.2, 0) is 11.2 Å². The normalized spacial score (nSPS) is 10.3. The molecule has 0 spiro atoms. The largest absolute Gasteiger partial charge is 0.494 e. The summed E-state index contributed by atoms with van der Waals surface area (Å²) in [5, 5.41) is 2.82. The molecule has 0 aliphatic carbocycles. The Balaban J connectivity index is 1.53. The Bertz CT molecular complexity index is 537. The fourth-order valence-electron chi connectivity index (χ4n) is 1.80. The first kappa shape index (κ1) is 15.1. The molecule has 4 nitrogen and oxygen atoms in total. The minimum Gasteiger partial charge on any atom is -0.494 e. The quantitative estimate of drug-likeness (QED) is 0.761. The van der Waals surface area contributed by atoms with Crippen molar-refractivity contribution in [1.29, 1.82) is 0 Å². The van der Waals surface area contributed by atoms with Crippen molar-refractivity contribution in [2.45, 2.75) is 19.3 Å². The van der Waals surface area contributed by atoms with Crippen molar-refractivity contribution in [3.05, 3.63) is 54.2 Å². The van der Waals surface area contributed by atoms with E-state index in [4.69, 9.17) is 9.15 Å². The number of hydrogen-bond acceptors (Lipinski definition) is 3. The van der Waals surface area contributed by atoms with Crippen LogP contribution in [0.1, 0.15) is 18.6 Å². The number of carbonyl (C=O) groups excluding carboxylic acids is 1. The Labute approximate surface area is 122 Å². The molecule has 2 aromatic rings. The second-order valence-electron chi connectivity index (χ2n) is 4.59. The highest BCUT2D eigenvalue weighted by atomic mass is 19.1. The molecule has 21 heavy (non-hydrogen) atoms. The van der Waals surface area contributed by atoms with Crippen molar-refractivity contribution >= 4 is 5.91 Å². The standard InChI is InChI=1S/C16H18FNO3/c17-13-4-6-15(7-5-13)21-12-2-10-18-16(19)9-8-14-3-1-11-20-14/h1,3-7,11H,2,8-10,12H2,(H,18,19). The molecule has 1 amide bonds. The van der Waals surface area contributed by atoms with Crippen LogP contribution >= 0.6 is 0 Å². The first-order chi connectivity index (χ1) is 10.2. The molecule has 1 heterocycles. The van der Waals surface area contributed by atoms with E-state index in [1.807, 2.05) is 6.07 Å². The molecule has 0 bridgehead atoms. The van der Waals surface area contributed by atoms with Crippen LogP contribution in [0.15, 0.2) is 47.1 Å². The number of nitrogens with one attached hydrogen (secondary N) is 1. The van der Waals surface area contributed by atoms with Gasteiger partial charge < -0.3 is 14.5 Å². The van der Waals surface area contributed by atoms with Crippen LogP contribution in [0, 0.1) is 5.82 Å². The number of amides is 1. The zero-order valence-electron chi connectivity index (χ0n) is 11.7. The van der Waals surface area contributed by atoms with Crippen molar-refractivity contribution in [1.82, 2.24) is 5.32 Å². The molecular formula is C16H18FNO3. The Morgan fingerprint density at radius 2 is 2.05 bits per heavy atom. The molecular weight excluding hydrogens is 273 g/mol. The highest BCUT2D eigenvalue weighted by molar-refractivity contribution is 5.75. The monoisotopic (exact) mass is 291 g/mol. The van der Waals surface area contributed by atoms with Gasteiger partial charge in [-0.05, 0) is 42.8 Å². The van der Waals surface area contributed by atoms with Crippen molar-refractivity contribution in [3.63, 3.8) is 0 Å². The van der Waals surface area contributed by atoms with E-state index in [0.29, 0.717) is 38.2 Å². The average Bonchev–Trinajstić information content (AvgIpc) is 3.00. The van der Waals surface area contributed by atoms with E-state index in [0.717, 1.165) is 5.76 Å². The van der Waals surface area contributed by atoms with E-state index in [-0.39, 0.29) is 11.7 Å². The van der Waals surface area contributed by atoms with Gasteiger partial charge in [0, 0.05) is 19.4 Å². The number of aryl methyl sites for hydroxylation is 1. The van der Waals surface area contributed by atoms with Gasteiger partial charge in [0.1, 0.15) is 17.3 Å². The van der Waals surface area contributed by atoms with Gasteiger partial charge in [0.05, 0.1) is 12.9 Å². The summed E-state index contributed by atoms with van der Waals surface area (Å²) >= 11 is 0. The number of furan rings is 1. The van der Waals surface area contributed by atoms with Crippen molar-refractivity contribution in [2.24, 2.45) is 0 Å². The molecule has 0 unspecified atom stereocenters. The van der Waals surface area contributed by atoms with Gasteiger partial charge in [-0.15, -0.1) is 0 Å². The molecule has 1 N–H and O–H groups in total. The second kappa shape index (κ2) is 8.09. The van der Waals surface area contributed by atoms with Crippen LogP contribution < -0.4 is 10.1 Å². The van der Waals surface area contributed by atoms with Crippen molar-refractivity contribution in [2.75, 3.05) is 13.2 Å². The maximum atomic E-state index is 12.7. The summed E-state index contributed by atoms with van der Waals surface area (Å²) in [4.78, 5) is 11.6. The van der Waals surface area contributed by atoms with E-state index in [1.54, 1.807) is 24.5 Å². The Hall–Kier alpha value is -2.30. The Morgan fingerprint density at radius 3 is 2.76 bits per heavy atom. The lowest BCUT2D eigenvalue weighted by atomic mass is 10.2. The maximum absolute atomic E-state index is 12.7. The molecule has 0 fully saturated rings. The predicted octanol–water partition coefficient (Wildman–Crippen LogP) is 2.94. The van der Waals surface area contributed by atoms with Gasteiger partial charge in [0.25, 0.3) is 0 Å². The van der Waals surface area contributed by atoms with Gasteiger partial charge in [0.15, 0.2) is 0 Å². The summed E-state index contributed by atoms with van der Waals surface area (Å²) < 4.78 is 23.3. The first-order valence-corrected chi connectivity index (χ1v) is 6.91. The molecule has 2 rings (SSSR count). The lowest BCUT2D eigenvalue weighted by Crippen LogP contribution is -2.25. The van der Waals surface area contributed by atoms with E-state index < -0.39 is 0 Å². The number of halogens is 1. The van der Waals surface area contributed by atoms with Crippen LogP contribution in [0.3, 0.4) is 0 Å². The zero-order chi connectivity index (χ0) is 14.9. The summed E-state index contributed by atoms with van der Waals surface area (Å²) in [5.41, 5.74) is 0. The second-order valence-corrected chi connectivity index (χ2v) is 4.59. The maximum Gasteiger partial charge on any atom is 0.220 e. The predicted molar refractivity (Wildman–Crippen MR) is 76.6 cm³/mol. The van der Waals surface area contributed by atoms with E-state index in [9.17, 15) is 9.18 Å². The smallest absolute Gasteiger partial charge is 0.220 e. The first-order valence-electron chi connectivity index (χ1n) is 6.91. The van der Waals surface area contributed by atoms with Gasteiger partial charge in [-0.1, -0.05) is 0 Å². The fourth-order valence-corrected chi connectivity index (χ4v) is 1.80. The Morgan fingerprint density at radius 1 is 1.24 bits per heavy atom. The van der Waals surface area contributed by atoms with Crippen LogP contribution in [0.4, 0.5) is 4.39 Å². The summed E-state index contributed by atoms with van der Waals surface area (Å²) in [6.07, 6.45) is 3.31. The lowest BCUT2D eigenvalue weighted by molar-refractivity contribution is -0.121. The van der Waals surface area contributed by atoms with Crippen LogP contribution in [-0.4, -0.2) is 19.1 Å². The van der Waals surface area contributed by atoms with Crippen LogP contribution in [0.2, 0.25) is 0 Å². The third kappa shape index (κ3) is 5.69. The third-order valence-electron chi connectivity index (χ3n) is 2.90. The van der Waals surface area contributed by atoms with Gasteiger partial charge >= 0.3 is 0 Å². The molecule has 1 aromatic heterocycles. The van der Waals surface area contributed by atoms with E-state index in [1.165, 1.54) is 12.1 Å². The van der Waals surface area contributed by atoms with E-state index in [2.05, 4.69) is 5.32 Å². The number of carbonyl (C=O) groups is 1. The molecule has 1 aromatic carbocycles. The zero-order valence-corrected chi connectivity index (χ0v) is 11.7. The number of ether oxygens (including phenoxy) is 1. The average molecular weight is 291 g/mol. The molecule has 0 radical (unpaired) electrons. The van der Waals surface area contributed by atoms with Gasteiger partial charge in [-0.3, -0.25) is 4.79 Å². The number of rotatable bonds is 8. The molecule has 0 aliphatic heterocycles. The summed E-state index contributed by atoms with van der Waals surface area (Å²) in [6.45, 7) is 1.03. The number of benzene rings is 1. The minimum atomic E-state index is -0.286. The van der Waals surface area contributed by atoms with Crippen molar-refractivity contribution < 1.29 is 18.3 Å². The molecule has 0 saturated heterocycles. The third-order valence-corrected chi connectivity index (χ3v) is 2.90. The van der Waals surface area contributed by atoms with Crippen LogP contribution in [0.25, 0.3) is 0 Å². The van der Waals surface area contributed by atoms with Crippen molar-refractivity contribution in [3.8, 4) is 5.75 Å². The summed E-state index contributed by atoms with van der Waals surface area (Å²) in [5.74, 6) is 1.14. The highest BCUT2D eigenvalue weighted by Crippen LogP contribution is 2.11. The molecule has 0 atom stereocenters. The summed E-state index contributed by atoms with van der Waals surface area (Å²) in [6, 6.07) is 9.52. The minimum absolute atomic E-state index is 0.00631. The highest BCUT2D eigenvalue weighted by Gasteiger charge is 2.03. The molecule has 0 aliphatic rings. The Kier molecular flexibility index (Phi) is 5.82.